The highest BCUT2D eigenvalue weighted by Crippen LogP contribution is 2.33. The molecule has 1 fully saturated rings. The van der Waals surface area contributed by atoms with Gasteiger partial charge in [-0.1, -0.05) is 11.6 Å². The van der Waals surface area contributed by atoms with Gasteiger partial charge >= 0.3 is 0 Å². The number of amides is 1. The zero-order chi connectivity index (χ0) is 24.3. The maximum absolute atomic E-state index is 13.2. The smallest absolute Gasteiger partial charge is 0.243 e. The van der Waals surface area contributed by atoms with Crippen LogP contribution >= 0.6 is 22.9 Å². The quantitative estimate of drug-likeness (QED) is 0.474. The van der Waals surface area contributed by atoms with Crippen molar-refractivity contribution >= 4 is 49.7 Å². The summed E-state index contributed by atoms with van der Waals surface area (Å²) in [6.45, 7) is 0.474. The second kappa shape index (κ2) is 10.3. The minimum atomic E-state index is -3.72. The van der Waals surface area contributed by atoms with Crippen LogP contribution in [0.4, 0.5) is 10.8 Å². The van der Waals surface area contributed by atoms with E-state index in [0.717, 1.165) is 16.4 Å². The van der Waals surface area contributed by atoms with Crippen molar-refractivity contribution in [2.75, 3.05) is 37.9 Å². The normalized spacial score (nSPS) is 16.7. The molecule has 1 amide bonds. The van der Waals surface area contributed by atoms with Gasteiger partial charge in [-0.2, -0.15) is 4.31 Å². The summed E-state index contributed by atoms with van der Waals surface area (Å²) in [5.74, 6) is -0.220. The number of aromatic nitrogens is 1. The van der Waals surface area contributed by atoms with Crippen molar-refractivity contribution in [2.24, 2.45) is 5.92 Å². The van der Waals surface area contributed by atoms with Crippen LogP contribution in [0.3, 0.4) is 0 Å². The molecule has 0 aliphatic carbocycles. The summed E-state index contributed by atoms with van der Waals surface area (Å²) in [5.41, 5.74) is 2.14. The Bertz CT molecular complexity index is 1280. The van der Waals surface area contributed by atoms with Gasteiger partial charge in [0.15, 0.2) is 5.13 Å². The molecular weight excluding hydrogens is 496 g/mol. The SMILES string of the molecule is CNc1nc(-c2ccc(OC)c(NC(=O)C3CCCN(S(=O)(=O)c4ccc(Cl)cc4)C3)c2)cs1. The number of anilines is 2. The van der Waals surface area contributed by atoms with E-state index in [2.05, 4.69) is 15.6 Å². The van der Waals surface area contributed by atoms with E-state index >= 15 is 0 Å². The van der Waals surface area contributed by atoms with Crippen LogP contribution in [0.2, 0.25) is 5.02 Å². The van der Waals surface area contributed by atoms with Crippen LogP contribution in [0.1, 0.15) is 12.8 Å². The number of piperidine rings is 1. The number of hydrogen-bond acceptors (Lipinski definition) is 7. The molecule has 180 valence electrons. The van der Waals surface area contributed by atoms with Crippen molar-refractivity contribution < 1.29 is 17.9 Å². The summed E-state index contributed by atoms with van der Waals surface area (Å²) < 4.78 is 32.9. The Morgan fingerprint density at radius 3 is 2.68 bits per heavy atom. The predicted octanol–water partition coefficient (Wildman–Crippen LogP) is 4.55. The van der Waals surface area contributed by atoms with E-state index in [1.54, 1.807) is 18.2 Å². The van der Waals surface area contributed by atoms with Gasteiger partial charge in [0.2, 0.25) is 15.9 Å². The molecule has 8 nitrogen and oxygen atoms in total. The van der Waals surface area contributed by atoms with Crippen LogP contribution in [0.5, 0.6) is 5.75 Å². The van der Waals surface area contributed by atoms with Crippen LogP contribution in [-0.4, -0.2) is 50.9 Å². The van der Waals surface area contributed by atoms with Crippen molar-refractivity contribution in [3.05, 3.63) is 52.9 Å². The number of methoxy groups -OCH3 is 1. The third-order valence-corrected chi connectivity index (χ3v) is 8.67. The highest BCUT2D eigenvalue weighted by Gasteiger charge is 2.33. The molecule has 0 spiro atoms. The molecular formula is C23H25ClN4O4S2. The number of halogens is 1. The molecule has 11 heteroatoms. The van der Waals surface area contributed by atoms with Crippen LogP contribution in [0.15, 0.2) is 52.7 Å². The van der Waals surface area contributed by atoms with E-state index in [1.807, 2.05) is 24.6 Å². The molecule has 2 aromatic carbocycles. The first-order valence-corrected chi connectivity index (χ1v) is 13.4. The lowest BCUT2D eigenvalue weighted by molar-refractivity contribution is -0.120. The maximum atomic E-state index is 13.2. The van der Waals surface area contributed by atoms with Crippen molar-refractivity contribution in [2.45, 2.75) is 17.7 Å². The Labute approximate surface area is 208 Å². The number of benzene rings is 2. The third kappa shape index (κ3) is 5.20. The molecule has 2 N–H and O–H groups in total. The number of rotatable bonds is 7. The standard InChI is InChI=1S/C23H25ClN4O4S2/c1-25-23-27-20(14-33-23)15-5-10-21(32-2)19(12-15)26-22(29)16-4-3-11-28(13-16)34(30,31)18-8-6-17(24)7-9-18/h5-10,12,14,16H,3-4,11,13H2,1-2H3,(H,25,27)(H,26,29). The van der Waals surface area contributed by atoms with Crippen molar-refractivity contribution in [3.63, 3.8) is 0 Å². The molecule has 1 saturated heterocycles. The fraction of sp³-hybridized carbons (Fsp3) is 0.304. The average molecular weight is 521 g/mol. The summed E-state index contributed by atoms with van der Waals surface area (Å²) in [6, 6.07) is 11.5. The van der Waals surface area contributed by atoms with Crippen LogP contribution < -0.4 is 15.4 Å². The lowest BCUT2D eigenvalue weighted by Crippen LogP contribution is -2.43. The Hall–Kier alpha value is -2.66. The first-order chi connectivity index (χ1) is 16.3. The Morgan fingerprint density at radius 1 is 1.24 bits per heavy atom. The zero-order valence-electron chi connectivity index (χ0n) is 18.7. The van der Waals surface area contributed by atoms with E-state index in [-0.39, 0.29) is 17.3 Å². The van der Waals surface area contributed by atoms with Crippen molar-refractivity contribution in [1.29, 1.82) is 0 Å². The predicted molar refractivity (Wildman–Crippen MR) is 135 cm³/mol. The lowest BCUT2D eigenvalue weighted by atomic mass is 9.98. The van der Waals surface area contributed by atoms with Gasteiger partial charge in [0, 0.05) is 36.1 Å². The summed E-state index contributed by atoms with van der Waals surface area (Å²) in [5, 5.41) is 9.14. The second-order valence-corrected chi connectivity index (χ2v) is 11.1. The van der Waals surface area contributed by atoms with E-state index in [1.165, 1.54) is 34.9 Å². The van der Waals surface area contributed by atoms with Crippen LogP contribution in [0.25, 0.3) is 11.3 Å². The third-order valence-electron chi connectivity index (χ3n) is 5.68. The number of nitrogens with one attached hydrogen (secondary N) is 2. The summed E-state index contributed by atoms with van der Waals surface area (Å²) in [7, 11) is -0.373. The largest absolute Gasteiger partial charge is 0.495 e. The van der Waals surface area contributed by atoms with Gasteiger partial charge in [0.1, 0.15) is 5.75 Å². The zero-order valence-corrected chi connectivity index (χ0v) is 21.1. The molecule has 34 heavy (non-hydrogen) atoms. The fourth-order valence-corrected chi connectivity index (χ4v) is 6.18. The highest BCUT2D eigenvalue weighted by molar-refractivity contribution is 7.89. The molecule has 1 aliphatic rings. The monoisotopic (exact) mass is 520 g/mol. The number of ether oxygens (including phenoxy) is 1. The number of nitrogens with zero attached hydrogens (tertiary/aromatic N) is 2. The minimum absolute atomic E-state index is 0.108. The molecule has 0 radical (unpaired) electrons. The molecule has 4 rings (SSSR count). The van der Waals surface area contributed by atoms with Gasteiger partial charge in [0.05, 0.1) is 29.3 Å². The molecule has 1 aromatic heterocycles. The number of hydrogen-bond donors (Lipinski definition) is 2. The Balaban J connectivity index is 1.52. The summed E-state index contributed by atoms with van der Waals surface area (Å²) >= 11 is 7.38. The van der Waals surface area contributed by atoms with Crippen LogP contribution in [-0.2, 0) is 14.8 Å². The minimum Gasteiger partial charge on any atom is -0.495 e. The van der Waals surface area contributed by atoms with Gasteiger partial charge in [-0.25, -0.2) is 13.4 Å². The van der Waals surface area contributed by atoms with Crippen molar-refractivity contribution in [1.82, 2.24) is 9.29 Å². The summed E-state index contributed by atoms with van der Waals surface area (Å²) in [6.07, 6.45) is 1.19. The topological polar surface area (TPSA) is 101 Å². The van der Waals surface area contributed by atoms with Gasteiger partial charge < -0.3 is 15.4 Å². The molecule has 1 aliphatic heterocycles. The van der Waals surface area contributed by atoms with Crippen LogP contribution in [0, 0.1) is 5.92 Å². The molecule has 1 unspecified atom stereocenters. The number of thiazole rings is 1. The average Bonchev–Trinajstić information content (AvgIpc) is 3.34. The number of carbonyl (C=O) groups is 1. The van der Waals surface area contributed by atoms with Gasteiger partial charge in [-0.3, -0.25) is 4.79 Å². The molecule has 1 atom stereocenters. The van der Waals surface area contributed by atoms with Gasteiger partial charge in [-0.15, -0.1) is 11.3 Å². The lowest BCUT2D eigenvalue weighted by Gasteiger charge is -2.31. The summed E-state index contributed by atoms with van der Waals surface area (Å²) in [4.78, 5) is 17.8. The Kier molecular flexibility index (Phi) is 7.42. The molecule has 2 heterocycles. The van der Waals surface area contributed by atoms with Crippen molar-refractivity contribution in [3.8, 4) is 17.0 Å². The van der Waals surface area contributed by atoms with E-state index in [4.69, 9.17) is 16.3 Å². The first kappa shape index (κ1) is 24.5. The van der Waals surface area contributed by atoms with E-state index in [0.29, 0.717) is 35.8 Å². The fourth-order valence-electron chi connectivity index (χ4n) is 3.85. The number of carbonyl (C=O) groups excluding carboxylic acids is 1. The van der Waals surface area contributed by atoms with Gasteiger partial charge in [0.25, 0.3) is 0 Å². The molecule has 0 saturated carbocycles. The molecule has 0 bridgehead atoms. The molecule has 3 aromatic rings. The maximum Gasteiger partial charge on any atom is 0.243 e. The highest BCUT2D eigenvalue weighted by atomic mass is 35.5. The Morgan fingerprint density at radius 2 is 2.00 bits per heavy atom. The van der Waals surface area contributed by atoms with E-state index < -0.39 is 15.9 Å². The van der Waals surface area contributed by atoms with Gasteiger partial charge in [-0.05, 0) is 55.3 Å². The first-order valence-electron chi connectivity index (χ1n) is 10.7. The second-order valence-electron chi connectivity index (χ2n) is 7.85. The number of sulfonamides is 1. The van der Waals surface area contributed by atoms with E-state index in [9.17, 15) is 13.2 Å².